The van der Waals surface area contributed by atoms with Crippen molar-refractivity contribution in [2.75, 3.05) is 19.7 Å². The van der Waals surface area contributed by atoms with E-state index in [1.165, 1.54) is 12.1 Å². The number of halogens is 1. The van der Waals surface area contributed by atoms with Crippen molar-refractivity contribution in [2.45, 2.75) is 63.8 Å². The van der Waals surface area contributed by atoms with Crippen molar-refractivity contribution < 1.29 is 18.5 Å². The van der Waals surface area contributed by atoms with Gasteiger partial charge in [0.05, 0.1) is 16.5 Å². The Morgan fingerprint density at radius 1 is 1.03 bits per heavy atom. The van der Waals surface area contributed by atoms with Gasteiger partial charge in [0.2, 0.25) is 0 Å². The van der Waals surface area contributed by atoms with Gasteiger partial charge in [-0.3, -0.25) is 4.79 Å². The smallest absolute Gasteiger partial charge is 0.272 e. The first-order valence-electron chi connectivity index (χ1n) is 13.7. The van der Waals surface area contributed by atoms with E-state index < -0.39 is 15.7 Å². The van der Waals surface area contributed by atoms with E-state index in [4.69, 9.17) is 4.98 Å². The van der Waals surface area contributed by atoms with Crippen molar-refractivity contribution >= 4 is 16.9 Å². The summed E-state index contributed by atoms with van der Waals surface area (Å²) in [6, 6.07) is 15.8. The fraction of sp³-hybridized carbons (Fsp3) is 0.419. The third-order valence-electron chi connectivity index (χ3n) is 7.47. The maximum absolute atomic E-state index is 13.6. The molecule has 3 heterocycles. The van der Waals surface area contributed by atoms with Crippen LogP contribution in [0, 0.1) is 5.82 Å². The van der Waals surface area contributed by atoms with Crippen LogP contribution < -0.4 is 0 Å². The molecule has 1 aromatic heterocycles. The number of piperidine rings is 1. The topological polar surface area (TPSA) is 73.7 Å². The lowest BCUT2D eigenvalue weighted by Crippen LogP contribution is -2.36. The first-order chi connectivity index (χ1) is 18.7. The van der Waals surface area contributed by atoms with Crippen molar-refractivity contribution in [3.8, 4) is 22.4 Å². The van der Waals surface area contributed by atoms with Crippen LogP contribution in [0.3, 0.4) is 0 Å². The van der Waals surface area contributed by atoms with Gasteiger partial charge in [-0.2, -0.15) is 0 Å². The zero-order valence-electron chi connectivity index (χ0n) is 22.8. The van der Waals surface area contributed by atoms with Crippen LogP contribution >= 0.6 is 0 Å². The van der Waals surface area contributed by atoms with Crippen LogP contribution in [-0.4, -0.2) is 53.9 Å². The molecule has 1 N–H and O–H groups in total. The van der Waals surface area contributed by atoms with E-state index >= 15 is 0 Å². The summed E-state index contributed by atoms with van der Waals surface area (Å²) in [5, 5.41) is 10.0. The second-order valence-electron chi connectivity index (χ2n) is 11.3. The number of hydrogen-bond acceptors (Lipinski definition) is 4. The minimum atomic E-state index is -1.33. The fourth-order valence-corrected chi connectivity index (χ4v) is 6.95. The molecule has 0 aliphatic carbocycles. The molecule has 5 rings (SSSR count). The van der Waals surface area contributed by atoms with Crippen molar-refractivity contribution in [2.24, 2.45) is 0 Å². The van der Waals surface area contributed by atoms with E-state index in [2.05, 4.69) is 0 Å². The zero-order chi connectivity index (χ0) is 27.7. The standard InChI is InChI=1S/C31H36FN3O3S/c1-31(2,3)39(38)35-20-24-19-26(30(37)34-15-5-4-6-16-34)33-29(28(24)27(35)14-17-36)23-9-7-8-22(18-23)21-10-12-25(32)13-11-21/h7-13,18-19,27,36H,4-6,14-17,20H2,1-3H3/t27-,39-/m1/s1. The van der Waals surface area contributed by atoms with E-state index in [0.29, 0.717) is 24.4 Å². The highest BCUT2D eigenvalue weighted by Crippen LogP contribution is 2.44. The van der Waals surface area contributed by atoms with Gasteiger partial charge in [0, 0.05) is 37.4 Å². The predicted octanol–water partition coefficient (Wildman–Crippen LogP) is 5.88. The monoisotopic (exact) mass is 549 g/mol. The Labute approximate surface area is 232 Å². The molecule has 2 atom stereocenters. The first kappa shape index (κ1) is 27.6. The molecule has 0 spiro atoms. The van der Waals surface area contributed by atoms with E-state index in [0.717, 1.165) is 60.2 Å². The Balaban J connectivity index is 1.65. The minimum Gasteiger partial charge on any atom is -0.396 e. The van der Waals surface area contributed by atoms with Gasteiger partial charge >= 0.3 is 0 Å². The molecule has 0 saturated carbocycles. The number of benzene rings is 2. The summed E-state index contributed by atoms with van der Waals surface area (Å²) in [4.78, 5) is 20.4. The second kappa shape index (κ2) is 11.3. The van der Waals surface area contributed by atoms with Gasteiger partial charge in [0.15, 0.2) is 0 Å². The largest absolute Gasteiger partial charge is 0.396 e. The van der Waals surface area contributed by atoms with Crippen molar-refractivity contribution in [1.82, 2.24) is 14.2 Å². The number of fused-ring (bicyclic) bond motifs is 1. The molecule has 2 aromatic carbocycles. The summed E-state index contributed by atoms with van der Waals surface area (Å²) < 4.78 is 28.7. The molecule has 3 aromatic rings. The molecule has 0 bridgehead atoms. The minimum absolute atomic E-state index is 0.0640. The molecule has 1 saturated heterocycles. The summed E-state index contributed by atoms with van der Waals surface area (Å²) >= 11 is 0. The Morgan fingerprint density at radius 3 is 2.38 bits per heavy atom. The Kier molecular flexibility index (Phi) is 7.99. The van der Waals surface area contributed by atoms with E-state index in [1.54, 1.807) is 12.1 Å². The van der Waals surface area contributed by atoms with Crippen LogP contribution in [0.1, 0.15) is 74.1 Å². The maximum atomic E-state index is 13.6. The van der Waals surface area contributed by atoms with E-state index in [-0.39, 0.29) is 24.4 Å². The number of amides is 1. The average Bonchev–Trinajstić information content (AvgIpc) is 3.30. The number of carbonyl (C=O) groups excluding carboxylic acids is 1. The van der Waals surface area contributed by atoms with Crippen LogP contribution in [0.2, 0.25) is 0 Å². The van der Waals surface area contributed by atoms with Gasteiger partial charge in [0.1, 0.15) is 22.5 Å². The van der Waals surface area contributed by atoms with Gasteiger partial charge in [-0.25, -0.2) is 17.9 Å². The summed E-state index contributed by atoms with van der Waals surface area (Å²) in [6.07, 6.45) is 3.50. The van der Waals surface area contributed by atoms with Crippen LogP contribution in [0.4, 0.5) is 4.39 Å². The third-order valence-corrected chi connectivity index (χ3v) is 9.32. The summed E-state index contributed by atoms with van der Waals surface area (Å²) in [6.45, 7) is 7.62. The molecule has 2 aliphatic heterocycles. The van der Waals surface area contributed by atoms with Crippen LogP contribution in [-0.2, 0) is 17.5 Å². The highest BCUT2D eigenvalue weighted by Gasteiger charge is 2.40. The summed E-state index contributed by atoms with van der Waals surface area (Å²) in [5.41, 5.74) is 5.50. The predicted molar refractivity (Wildman–Crippen MR) is 153 cm³/mol. The molecule has 206 valence electrons. The number of aliphatic hydroxyl groups excluding tert-OH is 1. The number of carbonyl (C=O) groups is 1. The number of aliphatic hydroxyl groups is 1. The Morgan fingerprint density at radius 2 is 1.72 bits per heavy atom. The lowest BCUT2D eigenvalue weighted by atomic mass is 9.94. The van der Waals surface area contributed by atoms with Crippen molar-refractivity contribution in [3.05, 3.63) is 77.2 Å². The Bertz CT molecular complexity index is 1380. The van der Waals surface area contributed by atoms with E-state index in [9.17, 15) is 18.5 Å². The Hall–Kier alpha value is -2.94. The molecule has 0 unspecified atom stereocenters. The highest BCUT2D eigenvalue weighted by atomic mass is 32.2. The molecule has 2 aliphatic rings. The molecule has 39 heavy (non-hydrogen) atoms. The van der Waals surface area contributed by atoms with Crippen LogP contribution in [0.25, 0.3) is 22.4 Å². The molecular formula is C31H36FN3O3S. The third kappa shape index (κ3) is 5.69. The number of rotatable bonds is 6. The van der Waals surface area contributed by atoms with E-state index in [1.807, 2.05) is 60.3 Å². The van der Waals surface area contributed by atoms with Crippen molar-refractivity contribution in [3.63, 3.8) is 0 Å². The average molecular weight is 550 g/mol. The molecular weight excluding hydrogens is 513 g/mol. The molecule has 6 nitrogen and oxygen atoms in total. The second-order valence-corrected chi connectivity index (χ2v) is 13.5. The highest BCUT2D eigenvalue weighted by molar-refractivity contribution is 7.84. The number of nitrogens with zero attached hydrogens (tertiary/aromatic N) is 3. The lowest BCUT2D eigenvalue weighted by Gasteiger charge is -2.30. The van der Waals surface area contributed by atoms with Gasteiger partial charge in [-0.05, 0) is 87.4 Å². The van der Waals surface area contributed by atoms with Gasteiger partial charge < -0.3 is 10.0 Å². The van der Waals surface area contributed by atoms with Crippen LogP contribution in [0.15, 0.2) is 54.6 Å². The summed E-state index contributed by atoms with van der Waals surface area (Å²) in [5.74, 6) is -0.375. The van der Waals surface area contributed by atoms with Gasteiger partial charge in [0.25, 0.3) is 5.91 Å². The number of aromatic nitrogens is 1. The maximum Gasteiger partial charge on any atom is 0.272 e. The molecule has 8 heteroatoms. The van der Waals surface area contributed by atoms with Gasteiger partial charge in [-0.15, -0.1) is 0 Å². The lowest BCUT2D eigenvalue weighted by molar-refractivity contribution is 0.0718. The quantitative estimate of drug-likeness (QED) is 0.417. The fourth-order valence-electron chi connectivity index (χ4n) is 5.55. The number of hydrogen-bond donors (Lipinski definition) is 1. The SMILES string of the molecule is CC(C)(C)[S@@](=O)N1Cc2cc(C(=O)N3CCCCC3)nc(-c3cccc(-c4ccc(F)cc4)c3)c2[C@H]1CCO. The van der Waals surface area contributed by atoms with Crippen molar-refractivity contribution in [1.29, 1.82) is 0 Å². The van der Waals surface area contributed by atoms with Gasteiger partial charge in [-0.1, -0.05) is 30.3 Å². The summed E-state index contributed by atoms with van der Waals surface area (Å²) in [7, 11) is -1.33. The normalized spacial score (nSPS) is 18.7. The molecule has 1 amide bonds. The van der Waals surface area contributed by atoms with Crippen LogP contribution in [0.5, 0.6) is 0 Å². The number of pyridine rings is 1. The zero-order valence-corrected chi connectivity index (χ0v) is 23.6. The number of likely N-dealkylation sites (tertiary alicyclic amines) is 1. The molecule has 0 radical (unpaired) electrons. The first-order valence-corrected chi connectivity index (χ1v) is 14.8. The molecule has 1 fully saturated rings.